The molecule has 0 bridgehead atoms. The molecule has 30 heavy (non-hydrogen) atoms. The van der Waals surface area contributed by atoms with E-state index in [0.717, 1.165) is 31.9 Å². The van der Waals surface area contributed by atoms with Crippen molar-refractivity contribution >= 4 is 24.2 Å². The van der Waals surface area contributed by atoms with E-state index in [1.165, 1.54) is 68.1 Å². The number of carbonyl (C=O) groups is 1. The quantitative estimate of drug-likeness (QED) is 0.166. The van der Waals surface area contributed by atoms with Gasteiger partial charge in [-0.1, -0.05) is 74.9 Å². The second kappa shape index (κ2) is 15.3. The molecule has 0 aliphatic rings. The van der Waals surface area contributed by atoms with Crippen LogP contribution in [-0.4, -0.2) is 32.3 Å². The summed E-state index contributed by atoms with van der Waals surface area (Å²) in [5.74, 6) is 0. The molecule has 0 amide bonds. The van der Waals surface area contributed by atoms with Gasteiger partial charge in [0.05, 0.1) is 36.8 Å². The molecular weight excluding hydrogens is 387 g/mol. The van der Waals surface area contributed by atoms with Crippen molar-refractivity contribution in [3.05, 3.63) is 60.7 Å². The van der Waals surface area contributed by atoms with E-state index in [4.69, 9.17) is 4.74 Å². The van der Waals surface area contributed by atoms with Gasteiger partial charge in [0.15, 0.2) is 0 Å². The summed E-state index contributed by atoms with van der Waals surface area (Å²) in [6, 6.07) is 22.3. The summed E-state index contributed by atoms with van der Waals surface area (Å²) in [4.78, 5) is 10.3. The predicted octanol–water partition coefficient (Wildman–Crippen LogP) is 6.40. The summed E-state index contributed by atoms with van der Waals surface area (Å²) in [5, 5.41) is 3.03. The molecule has 2 aromatic rings. The number of hydrogen-bond donors (Lipinski definition) is 0. The third-order valence-electron chi connectivity index (χ3n) is 6.04. The summed E-state index contributed by atoms with van der Waals surface area (Å²) >= 11 is 0. The van der Waals surface area contributed by atoms with Crippen molar-refractivity contribution in [1.82, 2.24) is 0 Å². The zero-order valence-electron chi connectivity index (χ0n) is 18.8. The Morgan fingerprint density at radius 3 is 1.60 bits per heavy atom. The molecule has 0 aromatic heterocycles. The molecule has 0 saturated carbocycles. The molecule has 0 radical (unpaired) electrons. The van der Waals surface area contributed by atoms with E-state index < -0.39 is 7.26 Å². The van der Waals surface area contributed by atoms with E-state index in [0.29, 0.717) is 0 Å². The average Bonchev–Trinajstić information content (AvgIpc) is 2.81. The number of hydrogen-bond acceptors (Lipinski definition) is 2. The van der Waals surface area contributed by atoms with Crippen LogP contribution in [0.3, 0.4) is 0 Å². The fourth-order valence-corrected chi connectivity index (χ4v) is 8.60. The molecule has 0 saturated heterocycles. The Kier molecular flexibility index (Phi) is 12.7. The molecule has 0 heterocycles. The minimum absolute atomic E-state index is 0.733. The number of rotatable bonds is 17. The first-order valence-corrected chi connectivity index (χ1v) is 13.9. The van der Waals surface area contributed by atoms with Gasteiger partial charge >= 0.3 is 0 Å². The maximum atomic E-state index is 10.3. The van der Waals surface area contributed by atoms with Crippen molar-refractivity contribution in [3.8, 4) is 0 Å². The number of benzene rings is 2. The lowest BCUT2D eigenvalue weighted by Crippen LogP contribution is -2.29. The van der Waals surface area contributed by atoms with E-state index in [1.54, 1.807) is 0 Å². The molecule has 0 aliphatic carbocycles. The van der Waals surface area contributed by atoms with Crippen molar-refractivity contribution in [2.75, 3.05) is 26.0 Å². The molecule has 164 valence electrons. The Balaban J connectivity index is 1.89. The van der Waals surface area contributed by atoms with Gasteiger partial charge in [0.2, 0.25) is 0 Å². The number of unbranched alkanes of at least 4 members (excludes halogenated alkanes) is 9. The Hall–Kier alpha value is -1.50. The van der Waals surface area contributed by atoms with Crippen molar-refractivity contribution in [2.45, 2.75) is 64.2 Å². The molecule has 3 heteroatoms. The van der Waals surface area contributed by atoms with Gasteiger partial charge in [0, 0.05) is 13.5 Å². The molecule has 0 fully saturated rings. The maximum Gasteiger partial charge on any atom is 0.119 e. The molecule has 2 rings (SSSR count). The average molecular weight is 428 g/mol. The topological polar surface area (TPSA) is 26.3 Å². The van der Waals surface area contributed by atoms with Crippen molar-refractivity contribution < 1.29 is 9.53 Å². The van der Waals surface area contributed by atoms with Crippen LogP contribution in [-0.2, 0) is 9.53 Å². The number of methoxy groups -OCH3 is 1. The van der Waals surface area contributed by atoms with E-state index in [1.807, 2.05) is 7.11 Å². The second-order valence-electron chi connectivity index (χ2n) is 8.22. The Morgan fingerprint density at radius 2 is 1.13 bits per heavy atom. The third kappa shape index (κ3) is 8.32. The standard InChI is InChI=1S/C27H40O2P/c1-29-23-25-30(26-18-12-10-13-19-26,27-20-14-11-15-21-27)24-17-9-7-5-3-2-4-6-8-16-22-28/h10-15,18-22H,2-9,16-17,23-25H2,1H3/q+1. The van der Waals surface area contributed by atoms with E-state index in [2.05, 4.69) is 60.7 Å². The van der Waals surface area contributed by atoms with Crippen molar-refractivity contribution in [2.24, 2.45) is 0 Å². The molecule has 0 unspecified atom stereocenters. The van der Waals surface area contributed by atoms with Crippen LogP contribution in [0.2, 0.25) is 0 Å². The first kappa shape index (κ1) is 24.8. The van der Waals surface area contributed by atoms with Crippen LogP contribution >= 0.6 is 7.26 Å². The highest BCUT2D eigenvalue weighted by molar-refractivity contribution is 7.89. The minimum Gasteiger partial charge on any atom is -0.381 e. The molecule has 2 nitrogen and oxygen atoms in total. The molecular formula is C27H40O2P+. The third-order valence-corrected chi connectivity index (χ3v) is 10.6. The highest BCUT2D eigenvalue weighted by Gasteiger charge is 2.41. The molecule has 0 aliphatic heterocycles. The second-order valence-corrected chi connectivity index (χ2v) is 12.1. The van der Waals surface area contributed by atoms with Crippen LogP contribution < -0.4 is 10.6 Å². The van der Waals surface area contributed by atoms with Gasteiger partial charge in [0.25, 0.3) is 0 Å². The zero-order chi connectivity index (χ0) is 21.3. The number of carbonyl (C=O) groups excluding carboxylic acids is 1. The summed E-state index contributed by atoms with van der Waals surface area (Å²) in [7, 11) is 0.375. The van der Waals surface area contributed by atoms with E-state index in [9.17, 15) is 4.79 Å². The fourth-order valence-electron chi connectivity index (χ4n) is 4.30. The van der Waals surface area contributed by atoms with Crippen LogP contribution in [0.15, 0.2) is 60.7 Å². The summed E-state index contributed by atoms with van der Waals surface area (Å²) < 4.78 is 5.56. The number of ether oxygens (including phenoxy) is 1. The maximum absolute atomic E-state index is 10.3. The highest BCUT2D eigenvalue weighted by Crippen LogP contribution is 2.56. The van der Waals surface area contributed by atoms with Gasteiger partial charge in [-0.2, -0.15) is 0 Å². The molecule has 2 aromatic carbocycles. The molecule has 0 atom stereocenters. The van der Waals surface area contributed by atoms with Gasteiger partial charge in [-0.05, 0) is 43.5 Å². The minimum atomic E-state index is -1.45. The van der Waals surface area contributed by atoms with Crippen LogP contribution in [0.5, 0.6) is 0 Å². The lowest BCUT2D eigenvalue weighted by Gasteiger charge is -2.27. The van der Waals surface area contributed by atoms with Gasteiger partial charge in [-0.3, -0.25) is 0 Å². The number of aldehydes is 1. The van der Waals surface area contributed by atoms with Crippen molar-refractivity contribution in [3.63, 3.8) is 0 Å². The van der Waals surface area contributed by atoms with Crippen molar-refractivity contribution in [1.29, 1.82) is 0 Å². The monoisotopic (exact) mass is 427 g/mol. The lowest BCUT2D eigenvalue weighted by atomic mass is 10.1. The van der Waals surface area contributed by atoms with Gasteiger partial charge in [0.1, 0.15) is 6.29 Å². The highest BCUT2D eigenvalue weighted by atomic mass is 31.2. The SMILES string of the molecule is COCC[P+](CCCCCCCCCCCC=O)(c1ccccc1)c1ccccc1. The zero-order valence-corrected chi connectivity index (χ0v) is 19.7. The van der Waals surface area contributed by atoms with Crippen LogP contribution in [0.1, 0.15) is 64.2 Å². The fraction of sp³-hybridized carbons (Fsp3) is 0.519. The molecule has 0 N–H and O–H groups in total. The summed E-state index contributed by atoms with van der Waals surface area (Å²) in [6.07, 6.45) is 15.7. The first-order chi connectivity index (χ1) is 14.8. The van der Waals surface area contributed by atoms with Crippen LogP contribution in [0, 0.1) is 0 Å². The van der Waals surface area contributed by atoms with E-state index in [-0.39, 0.29) is 0 Å². The first-order valence-electron chi connectivity index (χ1n) is 11.7. The van der Waals surface area contributed by atoms with Crippen LogP contribution in [0.4, 0.5) is 0 Å². The summed E-state index contributed by atoms with van der Waals surface area (Å²) in [5.41, 5.74) is 0. The normalized spacial score (nSPS) is 11.5. The predicted molar refractivity (Wildman–Crippen MR) is 133 cm³/mol. The van der Waals surface area contributed by atoms with E-state index >= 15 is 0 Å². The Labute approximate surface area is 184 Å². The largest absolute Gasteiger partial charge is 0.381 e. The molecule has 0 spiro atoms. The van der Waals surface area contributed by atoms with Gasteiger partial charge in [-0.15, -0.1) is 0 Å². The lowest BCUT2D eigenvalue weighted by molar-refractivity contribution is -0.107. The van der Waals surface area contributed by atoms with Gasteiger partial charge < -0.3 is 9.53 Å². The summed E-state index contributed by atoms with van der Waals surface area (Å²) in [6.45, 7) is 0.821. The Morgan fingerprint density at radius 1 is 0.667 bits per heavy atom. The smallest absolute Gasteiger partial charge is 0.119 e. The van der Waals surface area contributed by atoms with Crippen LogP contribution in [0.25, 0.3) is 0 Å². The van der Waals surface area contributed by atoms with Gasteiger partial charge in [-0.25, -0.2) is 0 Å². The Bertz CT molecular complexity index is 632.